The normalized spacial score (nSPS) is 12.4. The summed E-state index contributed by atoms with van der Waals surface area (Å²) in [7, 11) is 0. The third-order valence-corrected chi connectivity index (χ3v) is 2.67. The van der Waals surface area contributed by atoms with Gasteiger partial charge in [-0.2, -0.15) is 0 Å². The van der Waals surface area contributed by atoms with Crippen LogP contribution in [0, 0.1) is 0 Å². The largest absolute Gasteiger partial charge is 0.444 e. The first kappa shape index (κ1) is 18.1. The van der Waals surface area contributed by atoms with E-state index in [0.717, 1.165) is 0 Å². The molecule has 0 aliphatic heterocycles. The number of alkyl carbamates (subject to hydrolysis) is 1. The summed E-state index contributed by atoms with van der Waals surface area (Å²) in [6.07, 6.45) is -0.611. The number of nitrogen functional groups attached to an aromatic ring is 1. The molecule has 0 saturated heterocycles. The van der Waals surface area contributed by atoms with Crippen molar-refractivity contribution in [1.82, 2.24) is 5.32 Å². The van der Waals surface area contributed by atoms with Gasteiger partial charge in [-0.05, 0) is 39.8 Å². The van der Waals surface area contributed by atoms with Crippen molar-refractivity contribution in [1.29, 1.82) is 0 Å². The highest BCUT2D eigenvalue weighted by atomic mass is 35.5. The molecule has 1 aromatic carbocycles. The van der Waals surface area contributed by atoms with Gasteiger partial charge in [0.25, 0.3) is 0 Å². The van der Waals surface area contributed by atoms with E-state index in [4.69, 9.17) is 26.8 Å². The van der Waals surface area contributed by atoms with Crippen molar-refractivity contribution in [3.05, 3.63) is 23.2 Å². The lowest BCUT2D eigenvalue weighted by Gasteiger charge is -2.21. The first-order valence-corrected chi connectivity index (χ1v) is 7.20. The molecule has 0 aliphatic rings. The number of carbonyl (C=O) groups excluding carboxylic acids is 2. The minimum absolute atomic E-state index is 0.0226. The quantitative estimate of drug-likeness (QED) is 0.503. The van der Waals surface area contributed by atoms with Crippen molar-refractivity contribution in [3.63, 3.8) is 0 Å². The number of benzene rings is 1. The van der Waals surface area contributed by atoms with Crippen molar-refractivity contribution in [2.24, 2.45) is 0 Å². The molecular weight excluding hydrogens is 308 g/mol. The van der Waals surface area contributed by atoms with Gasteiger partial charge < -0.3 is 20.5 Å². The maximum Gasteiger partial charge on any atom is 0.407 e. The van der Waals surface area contributed by atoms with Gasteiger partial charge in [0.1, 0.15) is 5.60 Å². The van der Waals surface area contributed by atoms with E-state index >= 15 is 0 Å². The number of rotatable bonds is 4. The third-order valence-electron chi connectivity index (χ3n) is 2.44. The fourth-order valence-electron chi connectivity index (χ4n) is 1.57. The lowest BCUT2D eigenvalue weighted by molar-refractivity contribution is -0.134. The summed E-state index contributed by atoms with van der Waals surface area (Å²) in [5.41, 5.74) is 5.41. The maximum atomic E-state index is 11.8. The van der Waals surface area contributed by atoms with E-state index in [1.807, 2.05) is 0 Å². The minimum atomic E-state index is -0.598. The zero-order chi connectivity index (χ0) is 16.9. The molecule has 3 N–H and O–H groups in total. The molecule has 0 radical (unpaired) electrons. The smallest absolute Gasteiger partial charge is 0.407 e. The van der Waals surface area contributed by atoms with Gasteiger partial charge in [-0.15, -0.1) is 0 Å². The molecule has 0 aliphatic carbocycles. The van der Waals surface area contributed by atoms with E-state index in [1.54, 1.807) is 39.8 Å². The van der Waals surface area contributed by atoms with Gasteiger partial charge in [0.05, 0.1) is 12.1 Å². The van der Waals surface area contributed by atoms with Crippen molar-refractivity contribution in [2.75, 3.05) is 5.73 Å². The molecule has 122 valence electrons. The Bertz CT molecular complexity index is 555. The zero-order valence-corrected chi connectivity index (χ0v) is 13.9. The van der Waals surface area contributed by atoms with Gasteiger partial charge in [-0.1, -0.05) is 11.6 Å². The Morgan fingerprint density at radius 3 is 2.59 bits per heavy atom. The van der Waals surface area contributed by atoms with E-state index in [1.165, 1.54) is 6.07 Å². The van der Waals surface area contributed by atoms with Crippen LogP contribution in [-0.2, 0) is 9.53 Å². The number of esters is 1. The fraction of sp³-hybridized carbons (Fsp3) is 0.467. The standard InChI is InChI=1S/C15H21ClN2O4/c1-9(18-14(20)22-15(2,3)4)7-13(19)21-12-8-10(16)5-6-11(12)17/h5-6,8-9H,7,17H2,1-4H3,(H,18,20). The predicted molar refractivity (Wildman–Crippen MR) is 84.9 cm³/mol. The molecule has 0 fully saturated rings. The first-order valence-electron chi connectivity index (χ1n) is 6.82. The molecule has 1 rings (SSSR count). The zero-order valence-electron chi connectivity index (χ0n) is 13.1. The Morgan fingerprint density at radius 2 is 2.00 bits per heavy atom. The summed E-state index contributed by atoms with van der Waals surface area (Å²) >= 11 is 5.82. The van der Waals surface area contributed by atoms with Crippen LogP contribution in [0.2, 0.25) is 5.02 Å². The second-order valence-electron chi connectivity index (χ2n) is 5.91. The highest BCUT2D eigenvalue weighted by Gasteiger charge is 2.19. The molecule has 1 aromatic rings. The van der Waals surface area contributed by atoms with Gasteiger partial charge in [0, 0.05) is 17.1 Å². The topological polar surface area (TPSA) is 90.6 Å². The molecule has 0 saturated carbocycles. The summed E-state index contributed by atoms with van der Waals surface area (Å²) in [4.78, 5) is 23.4. The van der Waals surface area contributed by atoms with Crippen molar-refractivity contribution in [3.8, 4) is 5.75 Å². The molecule has 0 bridgehead atoms. The van der Waals surface area contributed by atoms with Gasteiger partial charge in [-0.3, -0.25) is 4.79 Å². The summed E-state index contributed by atoms with van der Waals surface area (Å²) in [6, 6.07) is 4.16. The van der Waals surface area contributed by atoms with E-state index < -0.39 is 23.7 Å². The molecule has 1 unspecified atom stereocenters. The van der Waals surface area contributed by atoms with E-state index in [9.17, 15) is 9.59 Å². The summed E-state index contributed by atoms with van der Waals surface area (Å²) in [6.45, 7) is 6.95. The van der Waals surface area contributed by atoms with Crippen LogP contribution in [0.5, 0.6) is 5.75 Å². The van der Waals surface area contributed by atoms with Crippen LogP contribution in [-0.4, -0.2) is 23.7 Å². The molecule has 0 aromatic heterocycles. The summed E-state index contributed by atoms with van der Waals surface area (Å²) < 4.78 is 10.2. The highest BCUT2D eigenvalue weighted by Crippen LogP contribution is 2.25. The number of nitrogens with one attached hydrogen (secondary N) is 1. The predicted octanol–water partition coefficient (Wildman–Crippen LogP) is 3.13. The Labute approximate surface area is 134 Å². The first-order chi connectivity index (χ1) is 10.1. The summed E-state index contributed by atoms with van der Waals surface area (Å²) in [5, 5.41) is 2.97. The minimum Gasteiger partial charge on any atom is -0.444 e. The van der Waals surface area contributed by atoms with Gasteiger partial charge in [0.2, 0.25) is 0 Å². The van der Waals surface area contributed by atoms with Crippen molar-refractivity contribution in [2.45, 2.75) is 45.8 Å². The summed E-state index contributed by atoms with van der Waals surface area (Å²) in [5.74, 6) is -0.334. The number of nitrogens with two attached hydrogens (primary N) is 1. The molecule has 1 amide bonds. The van der Waals surface area contributed by atoms with E-state index in [-0.39, 0.29) is 12.2 Å². The lowest BCUT2D eigenvalue weighted by atomic mass is 10.2. The molecular formula is C15H21ClN2O4. The molecule has 22 heavy (non-hydrogen) atoms. The SMILES string of the molecule is CC(CC(=O)Oc1cc(Cl)ccc1N)NC(=O)OC(C)(C)C. The number of hydrogen-bond acceptors (Lipinski definition) is 5. The van der Waals surface area contributed by atoms with Gasteiger partial charge >= 0.3 is 12.1 Å². The second kappa shape index (κ2) is 7.35. The van der Waals surface area contributed by atoms with E-state index in [2.05, 4.69) is 5.32 Å². The number of carbonyl (C=O) groups is 2. The van der Waals surface area contributed by atoms with Crippen LogP contribution in [0.1, 0.15) is 34.1 Å². The molecule has 0 spiro atoms. The maximum absolute atomic E-state index is 11.8. The number of halogens is 1. The monoisotopic (exact) mass is 328 g/mol. The third kappa shape index (κ3) is 6.67. The van der Waals surface area contributed by atoms with Crippen LogP contribution in [0.15, 0.2) is 18.2 Å². The van der Waals surface area contributed by atoms with Crippen LogP contribution in [0.4, 0.5) is 10.5 Å². The molecule has 1 atom stereocenters. The number of anilines is 1. The molecule has 0 heterocycles. The Kier molecular flexibility index (Phi) is 6.05. The molecule has 7 heteroatoms. The van der Waals surface area contributed by atoms with Gasteiger partial charge in [-0.25, -0.2) is 4.79 Å². The lowest BCUT2D eigenvalue weighted by Crippen LogP contribution is -2.39. The Balaban J connectivity index is 2.51. The van der Waals surface area contributed by atoms with Crippen LogP contribution in [0.3, 0.4) is 0 Å². The fourth-order valence-corrected chi connectivity index (χ4v) is 1.73. The van der Waals surface area contributed by atoms with E-state index in [0.29, 0.717) is 10.7 Å². The second-order valence-corrected chi connectivity index (χ2v) is 6.34. The van der Waals surface area contributed by atoms with Crippen LogP contribution >= 0.6 is 11.6 Å². The van der Waals surface area contributed by atoms with Gasteiger partial charge in [0.15, 0.2) is 5.75 Å². The van der Waals surface area contributed by atoms with Crippen LogP contribution < -0.4 is 15.8 Å². The number of amides is 1. The van der Waals surface area contributed by atoms with Crippen molar-refractivity contribution >= 4 is 29.4 Å². The molecule has 6 nitrogen and oxygen atoms in total. The highest BCUT2D eigenvalue weighted by molar-refractivity contribution is 6.30. The number of hydrogen-bond donors (Lipinski definition) is 2. The van der Waals surface area contributed by atoms with Crippen molar-refractivity contribution < 1.29 is 19.1 Å². The van der Waals surface area contributed by atoms with Crippen LogP contribution in [0.25, 0.3) is 0 Å². The Hall–Kier alpha value is -1.95. The Morgan fingerprint density at radius 1 is 1.36 bits per heavy atom. The number of ether oxygens (including phenoxy) is 2. The average Bonchev–Trinajstić information content (AvgIpc) is 2.30. The average molecular weight is 329 g/mol.